The van der Waals surface area contributed by atoms with E-state index in [1.165, 1.54) is 33.4 Å². The third kappa shape index (κ3) is 4.20. The van der Waals surface area contributed by atoms with Gasteiger partial charge in [-0.15, -0.1) is 0 Å². The van der Waals surface area contributed by atoms with Gasteiger partial charge in [-0.2, -0.15) is 5.10 Å². The maximum absolute atomic E-state index is 10.7. The first-order valence-electron chi connectivity index (χ1n) is 8.03. The average Bonchev–Trinajstić information content (AvgIpc) is 3.03. The first-order valence-corrected chi connectivity index (χ1v) is 8.03. The highest BCUT2D eigenvalue weighted by molar-refractivity contribution is 5.85. The summed E-state index contributed by atoms with van der Waals surface area (Å²) >= 11 is 0. The Morgan fingerprint density at radius 3 is 2.80 bits per heavy atom. The van der Waals surface area contributed by atoms with Crippen LogP contribution < -0.4 is 0 Å². The van der Waals surface area contributed by atoms with Crippen molar-refractivity contribution in [1.29, 1.82) is 0 Å². The number of aliphatic hydroxyl groups is 1. The number of rotatable bonds is 7. The van der Waals surface area contributed by atoms with Crippen molar-refractivity contribution < 1.29 is 10.0 Å². The van der Waals surface area contributed by atoms with Gasteiger partial charge < -0.3 is 5.11 Å². The van der Waals surface area contributed by atoms with Crippen LogP contribution in [0.15, 0.2) is 54.9 Å². The van der Waals surface area contributed by atoms with Gasteiger partial charge in [0.05, 0.1) is 17.6 Å². The molecule has 3 aromatic rings. The molecular weight excluding hydrogens is 320 g/mol. The molecule has 7 nitrogen and oxygen atoms in total. The highest BCUT2D eigenvalue weighted by Gasteiger charge is 2.14. The van der Waals surface area contributed by atoms with Crippen molar-refractivity contribution in [3.05, 3.63) is 70.5 Å². The van der Waals surface area contributed by atoms with Crippen LogP contribution in [0, 0.1) is 10.1 Å². The molecule has 1 N–H and O–H groups in total. The lowest BCUT2D eigenvalue weighted by Gasteiger charge is -2.21. The Kier molecular flexibility index (Phi) is 5.06. The largest absolute Gasteiger partial charge is 0.390 e. The average molecular weight is 340 g/mol. The summed E-state index contributed by atoms with van der Waals surface area (Å²) in [5.41, 5.74) is 1.12. The molecular formula is C18H20N4O3. The lowest BCUT2D eigenvalue weighted by Crippen LogP contribution is -2.32. The number of hydrogen-bond acceptors (Lipinski definition) is 5. The van der Waals surface area contributed by atoms with Crippen molar-refractivity contribution in [1.82, 2.24) is 14.7 Å². The van der Waals surface area contributed by atoms with Crippen molar-refractivity contribution >= 4 is 16.5 Å². The third-order valence-corrected chi connectivity index (χ3v) is 4.07. The monoisotopic (exact) mass is 340 g/mol. The van der Waals surface area contributed by atoms with Gasteiger partial charge >= 0.3 is 5.69 Å². The summed E-state index contributed by atoms with van der Waals surface area (Å²) < 4.78 is 1.40. The molecule has 1 heterocycles. The van der Waals surface area contributed by atoms with Crippen molar-refractivity contribution in [3.63, 3.8) is 0 Å². The molecule has 3 rings (SSSR count). The fraction of sp³-hybridized carbons (Fsp3) is 0.278. The van der Waals surface area contributed by atoms with Crippen LogP contribution in [0.2, 0.25) is 0 Å². The summed E-state index contributed by atoms with van der Waals surface area (Å²) in [6.45, 7) is 1.36. The van der Waals surface area contributed by atoms with Crippen LogP contribution in [0.1, 0.15) is 5.56 Å². The van der Waals surface area contributed by atoms with Gasteiger partial charge in [-0.1, -0.05) is 42.5 Å². The molecule has 0 aliphatic carbocycles. The van der Waals surface area contributed by atoms with Crippen LogP contribution in [0.25, 0.3) is 10.8 Å². The fourth-order valence-corrected chi connectivity index (χ4v) is 2.97. The Morgan fingerprint density at radius 1 is 1.28 bits per heavy atom. The van der Waals surface area contributed by atoms with Crippen LogP contribution in [0.3, 0.4) is 0 Å². The SMILES string of the molecule is CN(Cc1cccc2ccccc12)C[C@@H](O)Cn1cc([N+](=O)[O-])cn1. The summed E-state index contributed by atoms with van der Waals surface area (Å²) in [6.07, 6.45) is 1.85. The Balaban J connectivity index is 1.61. The Bertz CT molecular complexity index is 872. The highest BCUT2D eigenvalue weighted by atomic mass is 16.6. The van der Waals surface area contributed by atoms with Crippen LogP contribution in [-0.4, -0.2) is 44.4 Å². The standard InChI is InChI=1S/C18H20N4O3/c1-20(10-15-7-4-6-14-5-2-3-8-18(14)15)12-17(23)13-21-11-16(9-19-21)22(24)25/h2-9,11,17,23H,10,12-13H2,1H3/t17-/m1/s1. The number of benzene rings is 2. The first kappa shape index (κ1) is 17.1. The molecule has 0 bridgehead atoms. The summed E-state index contributed by atoms with van der Waals surface area (Å²) in [4.78, 5) is 12.2. The zero-order chi connectivity index (χ0) is 17.8. The normalized spacial score (nSPS) is 12.6. The van der Waals surface area contributed by atoms with Crippen LogP contribution >= 0.6 is 0 Å². The zero-order valence-electron chi connectivity index (χ0n) is 13.9. The van der Waals surface area contributed by atoms with Crippen molar-refractivity contribution in [2.24, 2.45) is 0 Å². The molecule has 1 atom stereocenters. The summed E-state index contributed by atoms with van der Waals surface area (Å²) in [5.74, 6) is 0. The van der Waals surface area contributed by atoms with Gasteiger partial charge in [0.2, 0.25) is 0 Å². The number of likely N-dealkylation sites (N-methyl/N-ethyl adjacent to an activating group) is 1. The molecule has 2 aromatic carbocycles. The fourth-order valence-electron chi connectivity index (χ4n) is 2.97. The van der Waals surface area contributed by atoms with Crippen LogP contribution in [0.4, 0.5) is 5.69 Å². The Labute approximate surface area is 145 Å². The Morgan fingerprint density at radius 2 is 2.04 bits per heavy atom. The van der Waals surface area contributed by atoms with E-state index in [1.54, 1.807) is 0 Å². The predicted octanol–water partition coefficient (Wildman–Crippen LogP) is 2.44. The van der Waals surface area contributed by atoms with Gasteiger partial charge in [0.15, 0.2) is 0 Å². The van der Waals surface area contributed by atoms with Crippen molar-refractivity contribution in [3.8, 4) is 0 Å². The van der Waals surface area contributed by atoms with E-state index in [9.17, 15) is 15.2 Å². The molecule has 130 valence electrons. The second-order valence-corrected chi connectivity index (χ2v) is 6.17. The third-order valence-electron chi connectivity index (χ3n) is 4.07. The van der Waals surface area contributed by atoms with Gasteiger partial charge in [-0.3, -0.25) is 19.7 Å². The lowest BCUT2D eigenvalue weighted by atomic mass is 10.0. The van der Waals surface area contributed by atoms with E-state index in [0.717, 1.165) is 0 Å². The van der Waals surface area contributed by atoms with E-state index >= 15 is 0 Å². The molecule has 0 spiro atoms. The lowest BCUT2D eigenvalue weighted by molar-refractivity contribution is -0.385. The highest BCUT2D eigenvalue weighted by Crippen LogP contribution is 2.19. The minimum Gasteiger partial charge on any atom is -0.390 e. The van der Waals surface area contributed by atoms with Crippen molar-refractivity contribution in [2.75, 3.05) is 13.6 Å². The van der Waals surface area contributed by atoms with Gasteiger partial charge in [-0.05, 0) is 23.4 Å². The summed E-state index contributed by atoms with van der Waals surface area (Å²) in [7, 11) is 1.94. The maximum atomic E-state index is 10.7. The molecule has 0 unspecified atom stereocenters. The van der Waals surface area contributed by atoms with E-state index < -0.39 is 11.0 Å². The second kappa shape index (κ2) is 7.42. The van der Waals surface area contributed by atoms with E-state index in [4.69, 9.17) is 0 Å². The molecule has 25 heavy (non-hydrogen) atoms. The molecule has 0 radical (unpaired) electrons. The van der Waals surface area contributed by atoms with Crippen molar-refractivity contribution in [2.45, 2.75) is 19.2 Å². The first-order chi connectivity index (χ1) is 12.0. The number of aromatic nitrogens is 2. The number of nitro groups is 1. The maximum Gasteiger partial charge on any atom is 0.306 e. The minimum atomic E-state index is -0.667. The minimum absolute atomic E-state index is 0.0729. The smallest absolute Gasteiger partial charge is 0.306 e. The molecule has 1 aromatic heterocycles. The van der Waals surface area contributed by atoms with E-state index in [0.29, 0.717) is 13.1 Å². The number of aliphatic hydroxyl groups excluding tert-OH is 1. The number of nitrogens with zero attached hydrogens (tertiary/aromatic N) is 4. The summed E-state index contributed by atoms with van der Waals surface area (Å²) in [5, 5.41) is 27.2. The molecule has 0 saturated carbocycles. The van der Waals surface area contributed by atoms with E-state index in [-0.39, 0.29) is 12.2 Å². The summed E-state index contributed by atoms with van der Waals surface area (Å²) in [6, 6.07) is 14.4. The predicted molar refractivity (Wildman–Crippen MR) is 95.2 cm³/mol. The van der Waals surface area contributed by atoms with E-state index in [2.05, 4.69) is 29.4 Å². The van der Waals surface area contributed by atoms with Gasteiger partial charge in [0, 0.05) is 13.1 Å². The second-order valence-electron chi connectivity index (χ2n) is 6.17. The Hall–Kier alpha value is -2.77. The van der Waals surface area contributed by atoms with Crippen LogP contribution in [0.5, 0.6) is 0 Å². The van der Waals surface area contributed by atoms with Gasteiger partial charge in [0.1, 0.15) is 12.4 Å². The zero-order valence-corrected chi connectivity index (χ0v) is 13.9. The van der Waals surface area contributed by atoms with Crippen LogP contribution in [-0.2, 0) is 13.1 Å². The molecule has 0 fully saturated rings. The van der Waals surface area contributed by atoms with Gasteiger partial charge in [-0.25, -0.2) is 0 Å². The molecule has 0 aliphatic heterocycles. The molecule has 0 aliphatic rings. The van der Waals surface area contributed by atoms with Gasteiger partial charge in [0.25, 0.3) is 0 Å². The quantitative estimate of drug-likeness (QED) is 0.527. The topological polar surface area (TPSA) is 84.4 Å². The van der Waals surface area contributed by atoms with E-state index in [1.807, 2.05) is 30.1 Å². The number of fused-ring (bicyclic) bond motifs is 1. The molecule has 0 amide bonds. The molecule has 0 saturated heterocycles. The molecule has 7 heteroatoms. The number of hydrogen-bond donors (Lipinski definition) is 1.